The summed E-state index contributed by atoms with van der Waals surface area (Å²) in [6.45, 7) is 2.23. The lowest BCUT2D eigenvalue weighted by molar-refractivity contribution is -0.137. The third-order valence-corrected chi connectivity index (χ3v) is 7.11. The van der Waals surface area contributed by atoms with Crippen LogP contribution in [0.5, 0.6) is 5.75 Å². The van der Waals surface area contributed by atoms with Gasteiger partial charge >= 0.3 is 5.97 Å². The van der Waals surface area contributed by atoms with E-state index in [0.717, 1.165) is 16.9 Å². The second-order valence-electron chi connectivity index (χ2n) is 8.94. The first-order valence-electron chi connectivity index (χ1n) is 11.1. The molecule has 0 bridgehead atoms. The minimum Gasteiger partial charge on any atom is -0.487 e. The molecule has 1 atom stereocenters. The highest BCUT2D eigenvalue weighted by Crippen LogP contribution is 2.38. The monoisotopic (exact) mass is 531 g/mol. The van der Waals surface area contributed by atoms with E-state index in [4.69, 9.17) is 39.5 Å². The molecule has 35 heavy (non-hydrogen) atoms. The topological polar surface area (TPSA) is 66.8 Å². The zero-order valence-electron chi connectivity index (χ0n) is 19.1. The highest BCUT2D eigenvalue weighted by atomic mass is 35.5. The van der Waals surface area contributed by atoms with Crippen molar-refractivity contribution in [2.45, 2.75) is 38.3 Å². The Kier molecular flexibility index (Phi) is 7.60. The molecule has 5 nitrogen and oxygen atoms in total. The van der Waals surface area contributed by atoms with E-state index in [9.17, 15) is 14.7 Å². The summed E-state index contributed by atoms with van der Waals surface area (Å²) >= 11 is 18.5. The number of amides is 1. The lowest BCUT2D eigenvalue weighted by Crippen LogP contribution is -2.33. The molecule has 1 N–H and O–H groups in total. The number of carbonyl (C=O) groups excluding carboxylic acids is 1. The summed E-state index contributed by atoms with van der Waals surface area (Å²) in [6.07, 6.45) is 1.15. The van der Waals surface area contributed by atoms with Gasteiger partial charge in [-0.1, -0.05) is 59.1 Å². The van der Waals surface area contributed by atoms with Crippen LogP contribution in [-0.2, 0) is 24.2 Å². The van der Waals surface area contributed by atoms with Gasteiger partial charge in [-0.15, -0.1) is 0 Å². The van der Waals surface area contributed by atoms with E-state index in [2.05, 4.69) is 0 Å². The number of halogens is 3. The maximum Gasteiger partial charge on any atom is 0.305 e. The second-order valence-corrected chi connectivity index (χ2v) is 10.2. The molecular formula is C27H24Cl3NO4. The third kappa shape index (κ3) is 6.10. The van der Waals surface area contributed by atoms with Gasteiger partial charge in [-0.3, -0.25) is 9.59 Å². The van der Waals surface area contributed by atoms with Crippen molar-refractivity contribution < 1.29 is 19.4 Å². The molecule has 0 unspecified atom stereocenters. The number of hydrogen-bond acceptors (Lipinski definition) is 3. The SMILES string of the molecule is C[C@@]1(Cc2ccc(Cl)cc2)Cc2cc(C(=O)N(CCC(=O)O)Cc3cccc(Cl)c3Cl)ccc2O1. The number of fused-ring (bicyclic) bond motifs is 1. The average molecular weight is 533 g/mol. The summed E-state index contributed by atoms with van der Waals surface area (Å²) in [5, 5.41) is 10.6. The second kappa shape index (κ2) is 10.5. The van der Waals surface area contributed by atoms with Gasteiger partial charge in [-0.25, -0.2) is 0 Å². The Hall–Kier alpha value is -2.73. The maximum atomic E-state index is 13.4. The van der Waals surface area contributed by atoms with Gasteiger partial charge in [0.1, 0.15) is 11.4 Å². The number of carbonyl (C=O) groups is 2. The minimum absolute atomic E-state index is 0.0406. The number of hydrogen-bond donors (Lipinski definition) is 1. The molecule has 1 amide bonds. The van der Waals surface area contributed by atoms with E-state index >= 15 is 0 Å². The van der Waals surface area contributed by atoms with Crippen LogP contribution >= 0.6 is 34.8 Å². The summed E-state index contributed by atoms with van der Waals surface area (Å²) in [5.41, 5.74) is 2.71. The van der Waals surface area contributed by atoms with Crippen LogP contribution < -0.4 is 4.74 Å². The minimum atomic E-state index is -0.986. The van der Waals surface area contributed by atoms with E-state index < -0.39 is 11.6 Å². The Labute approximate surface area is 219 Å². The molecule has 3 aromatic rings. The normalized spacial score (nSPS) is 16.5. The van der Waals surface area contributed by atoms with E-state index in [1.807, 2.05) is 37.3 Å². The molecule has 0 aromatic heterocycles. The summed E-state index contributed by atoms with van der Waals surface area (Å²) < 4.78 is 6.26. The molecule has 182 valence electrons. The van der Waals surface area contributed by atoms with Crippen LogP contribution in [-0.4, -0.2) is 34.0 Å². The summed E-state index contributed by atoms with van der Waals surface area (Å²) in [6, 6.07) is 18.2. The average Bonchev–Trinajstić information content (AvgIpc) is 3.15. The maximum absolute atomic E-state index is 13.4. The number of benzene rings is 3. The van der Waals surface area contributed by atoms with Crippen LogP contribution in [0.15, 0.2) is 60.7 Å². The molecule has 0 saturated carbocycles. The Morgan fingerprint density at radius 3 is 2.51 bits per heavy atom. The standard InChI is InChI=1S/C27H24Cl3NO4/c1-27(14-17-5-8-21(28)9-6-17)15-20-13-18(7-10-23(20)35-27)26(34)31(12-11-24(32)33)16-19-3-2-4-22(29)25(19)30/h2-10,13H,11-12,14-16H2,1H3,(H,32,33)/t27-/m1/s1. The number of aliphatic carboxylic acids is 1. The molecular weight excluding hydrogens is 509 g/mol. The van der Waals surface area contributed by atoms with Crippen LogP contribution in [0.1, 0.15) is 40.4 Å². The Morgan fingerprint density at radius 1 is 1.06 bits per heavy atom. The molecule has 1 heterocycles. The smallest absolute Gasteiger partial charge is 0.305 e. The zero-order valence-corrected chi connectivity index (χ0v) is 21.3. The van der Waals surface area contributed by atoms with Crippen molar-refractivity contribution in [3.05, 3.63) is 98.0 Å². The van der Waals surface area contributed by atoms with Gasteiger partial charge in [0.05, 0.1) is 16.5 Å². The molecule has 3 aromatic carbocycles. The summed E-state index contributed by atoms with van der Waals surface area (Å²) in [5.74, 6) is -0.523. The Balaban J connectivity index is 1.54. The van der Waals surface area contributed by atoms with E-state index in [1.165, 1.54) is 4.90 Å². The van der Waals surface area contributed by atoms with Gasteiger partial charge in [0.2, 0.25) is 0 Å². The number of carboxylic acids is 1. The van der Waals surface area contributed by atoms with Crippen molar-refractivity contribution in [1.29, 1.82) is 0 Å². The van der Waals surface area contributed by atoms with E-state index in [1.54, 1.807) is 30.3 Å². The molecule has 1 aliphatic rings. The van der Waals surface area contributed by atoms with Crippen molar-refractivity contribution in [2.24, 2.45) is 0 Å². The van der Waals surface area contributed by atoms with Gasteiger partial charge in [0, 0.05) is 36.5 Å². The quantitative estimate of drug-likeness (QED) is 0.350. The number of nitrogens with zero attached hydrogens (tertiary/aromatic N) is 1. The molecule has 0 radical (unpaired) electrons. The molecule has 0 fully saturated rings. The molecule has 0 aliphatic carbocycles. The number of rotatable bonds is 8. The van der Waals surface area contributed by atoms with Gasteiger partial charge in [-0.2, -0.15) is 0 Å². The zero-order chi connectivity index (χ0) is 25.2. The van der Waals surface area contributed by atoms with E-state index in [-0.39, 0.29) is 25.4 Å². The first kappa shape index (κ1) is 25.4. The summed E-state index contributed by atoms with van der Waals surface area (Å²) in [7, 11) is 0. The van der Waals surface area contributed by atoms with Crippen LogP contribution in [0.25, 0.3) is 0 Å². The lowest BCUT2D eigenvalue weighted by Gasteiger charge is -2.24. The largest absolute Gasteiger partial charge is 0.487 e. The molecule has 1 aliphatic heterocycles. The van der Waals surface area contributed by atoms with Gasteiger partial charge in [0.15, 0.2) is 0 Å². The fraction of sp³-hybridized carbons (Fsp3) is 0.259. The molecule has 8 heteroatoms. The van der Waals surface area contributed by atoms with Gasteiger partial charge < -0.3 is 14.7 Å². The first-order valence-corrected chi connectivity index (χ1v) is 12.3. The van der Waals surface area contributed by atoms with Crippen molar-refractivity contribution in [2.75, 3.05) is 6.54 Å². The number of carboxylic acid groups (broad SMARTS) is 1. The van der Waals surface area contributed by atoms with Crippen molar-refractivity contribution in [3.63, 3.8) is 0 Å². The van der Waals surface area contributed by atoms with Crippen LogP contribution in [0.4, 0.5) is 0 Å². The van der Waals surface area contributed by atoms with E-state index in [0.29, 0.717) is 39.0 Å². The molecule has 0 spiro atoms. The lowest BCUT2D eigenvalue weighted by atomic mass is 9.91. The molecule has 4 rings (SSSR count). The predicted molar refractivity (Wildman–Crippen MR) is 138 cm³/mol. The van der Waals surface area contributed by atoms with Gasteiger partial charge in [-0.05, 0) is 60.0 Å². The van der Waals surface area contributed by atoms with Crippen LogP contribution in [0.3, 0.4) is 0 Å². The fourth-order valence-electron chi connectivity index (χ4n) is 4.33. The summed E-state index contributed by atoms with van der Waals surface area (Å²) in [4.78, 5) is 26.1. The Bertz CT molecular complexity index is 1260. The van der Waals surface area contributed by atoms with Crippen molar-refractivity contribution >= 4 is 46.7 Å². The number of ether oxygens (including phenoxy) is 1. The van der Waals surface area contributed by atoms with Gasteiger partial charge in [0.25, 0.3) is 5.91 Å². The van der Waals surface area contributed by atoms with Crippen LogP contribution in [0.2, 0.25) is 15.1 Å². The predicted octanol–water partition coefficient (Wildman–Crippen LogP) is 6.70. The van der Waals surface area contributed by atoms with Crippen LogP contribution in [0, 0.1) is 0 Å². The molecule has 0 saturated heterocycles. The highest BCUT2D eigenvalue weighted by Gasteiger charge is 2.35. The first-order chi connectivity index (χ1) is 16.6. The highest BCUT2D eigenvalue weighted by molar-refractivity contribution is 6.42. The van der Waals surface area contributed by atoms with Crippen molar-refractivity contribution in [3.8, 4) is 5.75 Å². The fourth-order valence-corrected chi connectivity index (χ4v) is 4.83. The van der Waals surface area contributed by atoms with Crippen molar-refractivity contribution in [1.82, 2.24) is 4.90 Å². The third-order valence-electron chi connectivity index (χ3n) is 6.00. The Morgan fingerprint density at radius 2 is 1.80 bits per heavy atom.